The summed E-state index contributed by atoms with van der Waals surface area (Å²) in [4.78, 5) is 24.7. The van der Waals surface area contributed by atoms with Gasteiger partial charge in [-0.15, -0.1) is 0 Å². The summed E-state index contributed by atoms with van der Waals surface area (Å²) in [6.45, 7) is 0.564. The predicted octanol–water partition coefficient (Wildman–Crippen LogP) is 3.36. The molecule has 1 atom stereocenters. The lowest BCUT2D eigenvalue weighted by Gasteiger charge is -2.23. The van der Waals surface area contributed by atoms with Crippen molar-refractivity contribution < 1.29 is 27.5 Å². The Bertz CT molecular complexity index is 1430. The van der Waals surface area contributed by atoms with Crippen LogP contribution in [0.2, 0.25) is 5.02 Å². The Labute approximate surface area is 238 Å². The van der Waals surface area contributed by atoms with Crippen LogP contribution in [0.1, 0.15) is 18.4 Å². The van der Waals surface area contributed by atoms with Gasteiger partial charge in [-0.2, -0.15) is 5.10 Å². The number of benzene rings is 3. The lowest BCUT2D eigenvalue weighted by Crippen LogP contribution is -2.39. The fourth-order valence-electron chi connectivity index (χ4n) is 3.89. The van der Waals surface area contributed by atoms with E-state index < -0.39 is 22.5 Å². The SMILES string of the molecule is O=C(COc1ccc(/C=N\NC(=O)CN(c2cccc(Cl)c2)S(=O)(=O)c2ccccc2)cc1)NC[C@@H]1CCCO1. The predicted molar refractivity (Wildman–Crippen MR) is 152 cm³/mol. The Kier molecular flexibility index (Phi) is 10.1. The van der Waals surface area contributed by atoms with Crippen LogP contribution in [0.4, 0.5) is 5.69 Å². The second-order valence-corrected chi connectivity index (χ2v) is 11.2. The van der Waals surface area contributed by atoms with Gasteiger partial charge in [0.05, 0.1) is 22.9 Å². The molecule has 2 N–H and O–H groups in total. The Morgan fingerprint density at radius 3 is 2.52 bits per heavy atom. The third kappa shape index (κ3) is 8.28. The fourth-order valence-corrected chi connectivity index (χ4v) is 5.51. The van der Waals surface area contributed by atoms with Crippen LogP contribution in [-0.2, 0) is 24.3 Å². The number of rotatable bonds is 12. The number of carbonyl (C=O) groups is 2. The van der Waals surface area contributed by atoms with E-state index in [0.717, 1.165) is 23.8 Å². The number of halogens is 1. The number of amides is 2. The highest BCUT2D eigenvalue weighted by Gasteiger charge is 2.27. The van der Waals surface area contributed by atoms with Crippen molar-refractivity contribution in [1.82, 2.24) is 10.7 Å². The molecule has 0 unspecified atom stereocenters. The van der Waals surface area contributed by atoms with Crippen molar-refractivity contribution in [3.63, 3.8) is 0 Å². The number of nitrogens with zero attached hydrogens (tertiary/aromatic N) is 2. The van der Waals surface area contributed by atoms with Gasteiger partial charge in [-0.1, -0.05) is 35.9 Å². The normalized spacial score (nSPS) is 15.1. The standard InChI is InChI=1S/C28H29ClN4O6S/c29-22-6-4-7-23(16-22)33(40(36,37)26-9-2-1-3-10-26)19-27(34)32-31-17-21-11-13-24(14-12-21)39-20-28(35)30-18-25-8-5-15-38-25/h1-4,6-7,9-14,16-17,25H,5,8,15,18-20H2,(H,30,35)(H,32,34)/b31-17-/t25-/m0/s1. The molecule has 0 bridgehead atoms. The van der Waals surface area contributed by atoms with E-state index in [1.165, 1.54) is 24.4 Å². The van der Waals surface area contributed by atoms with Crippen LogP contribution >= 0.6 is 11.6 Å². The zero-order valence-corrected chi connectivity index (χ0v) is 23.1. The summed E-state index contributed by atoms with van der Waals surface area (Å²) in [5.41, 5.74) is 3.25. The first-order valence-corrected chi connectivity index (χ1v) is 14.4. The first-order valence-electron chi connectivity index (χ1n) is 12.6. The zero-order chi connectivity index (χ0) is 28.4. The second kappa shape index (κ2) is 13.9. The van der Waals surface area contributed by atoms with E-state index in [1.807, 2.05) is 0 Å². The number of nitrogens with one attached hydrogen (secondary N) is 2. The fraction of sp³-hybridized carbons (Fsp3) is 0.250. The Hall–Kier alpha value is -3.93. The first-order chi connectivity index (χ1) is 19.3. The Balaban J connectivity index is 1.31. The van der Waals surface area contributed by atoms with E-state index >= 15 is 0 Å². The number of anilines is 1. The summed E-state index contributed by atoms with van der Waals surface area (Å²) in [5.74, 6) is -0.383. The van der Waals surface area contributed by atoms with Crippen molar-refractivity contribution in [1.29, 1.82) is 0 Å². The van der Waals surface area contributed by atoms with Gasteiger partial charge in [-0.3, -0.25) is 13.9 Å². The highest BCUT2D eigenvalue weighted by atomic mass is 35.5. The molecule has 0 saturated carbocycles. The van der Waals surface area contributed by atoms with Crippen LogP contribution in [0.15, 0.2) is 88.9 Å². The number of sulfonamides is 1. The quantitative estimate of drug-likeness (QED) is 0.248. The van der Waals surface area contributed by atoms with Crippen molar-refractivity contribution in [2.24, 2.45) is 5.10 Å². The molecular weight excluding hydrogens is 556 g/mol. The minimum atomic E-state index is -4.05. The molecule has 1 aliphatic heterocycles. The van der Waals surface area contributed by atoms with Gasteiger partial charge in [-0.25, -0.2) is 13.8 Å². The highest BCUT2D eigenvalue weighted by Crippen LogP contribution is 2.26. The van der Waals surface area contributed by atoms with Gasteiger partial charge in [0.1, 0.15) is 12.3 Å². The number of ether oxygens (including phenoxy) is 2. The van der Waals surface area contributed by atoms with Gasteiger partial charge < -0.3 is 14.8 Å². The van der Waals surface area contributed by atoms with Crippen molar-refractivity contribution in [2.45, 2.75) is 23.8 Å². The molecule has 3 aromatic rings. The summed E-state index contributed by atoms with van der Waals surface area (Å²) in [6, 6.07) is 20.8. The molecule has 0 aromatic heterocycles. The van der Waals surface area contributed by atoms with Crippen LogP contribution in [-0.4, -0.2) is 58.9 Å². The molecule has 0 spiro atoms. The van der Waals surface area contributed by atoms with Gasteiger partial charge in [0.2, 0.25) is 0 Å². The molecule has 1 saturated heterocycles. The van der Waals surface area contributed by atoms with E-state index in [1.54, 1.807) is 60.7 Å². The Morgan fingerprint density at radius 1 is 1.05 bits per heavy atom. The van der Waals surface area contributed by atoms with Crippen LogP contribution in [0.25, 0.3) is 0 Å². The summed E-state index contributed by atoms with van der Waals surface area (Å²) in [6.07, 6.45) is 3.42. The molecule has 0 radical (unpaired) electrons. The molecule has 12 heteroatoms. The molecule has 0 aliphatic carbocycles. The van der Waals surface area contributed by atoms with E-state index in [2.05, 4.69) is 15.8 Å². The monoisotopic (exact) mass is 584 g/mol. The van der Waals surface area contributed by atoms with Crippen LogP contribution in [0, 0.1) is 0 Å². The van der Waals surface area contributed by atoms with Gasteiger partial charge in [0.15, 0.2) is 6.61 Å². The molecular formula is C28H29ClN4O6S. The second-order valence-electron chi connectivity index (χ2n) is 8.89. The maximum absolute atomic E-state index is 13.3. The van der Waals surface area contributed by atoms with Crippen LogP contribution < -0.4 is 19.8 Å². The molecule has 10 nitrogen and oxygen atoms in total. The van der Waals surface area contributed by atoms with Crippen molar-refractivity contribution in [3.05, 3.63) is 89.4 Å². The number of hydrogen-bond donors (Lipinski definition) is 2. The Morgan fingerprint density at radius 2 is 1.82 bits per heavy atom. The average Bonchev–Trinajstić information content (AvgIpc) is 3.49. The number of hydrazone groups is 1. The minimum absolute atomic E-state index is 0.0360. The van der Waals surface area contributed by atoms with E-state index in [0.29, 0.717) is 22.9 Å². The summed E-state index contributed by atoms with van der Waals surface area (Å²) >= 11 is 6.08. The van der Waals surface area contributed by atoms with Crippen molar-refractivity contribution in [3.8, 4) is 5.75 Å². The highest BCUT2D eigenvalue weighted by molar-refractivity contribution is 7.92. The lowest BCUT2D eigenvalue weighted by atomic mass is 10.2. The van der Waals surface area contributed by atoms with Gasteiger partial charge in [0.25, 0.3) is 21.8 Å². The molecule has 1 heterocycles. The third-order valence-electron chi connectivity index (χ3n) is 5.92. The maximum Gasteiger partial charge on any atom is 0.264 e. The smallest absolute Gasteiger partial charge is 0.264 e. The van der Waals surface area contributed by atoms with Gasteiger partial charge in [-0.05, 0) is 73.0 Å². The molecule has 2 amide bonds. The maximum atomic E-state index is 13.3. The topological polar surface area (TPSA) is 126 Å². The molecule has 4 rings (SSSR count). The van der Waals surface area contributed by atoms with E-state index in [9.17, 15) is 18.0 Å². The summed E-state index contributed by atoms with van der Waals surface area (Å²) in [5, 5.41) is 7.06. The summed E-state index contributed by atoms with van der Waals surface area (Å²) < 4.78 is 38.6. The van der Waals surface area contributed by atoms with Crippen LogP contribution in [0.3, 0.4) is 0 Å². The third-order valence-corrected chi connectivity index (χ3v) is 7.94. The van der Waals surface area contributed by atoms with Crippen LogP contribution in [0.5, 0.6) is 5.75 Å². The average molecular weight is 585 g/mol. The lowest BCUT2D eigenvalue weighted by molar-refractivity contribution is -0.123. The summed E-state index contributed by atoms with van der Waals surface area (Å²) in [7, 11) is -4.05. The van der Waals surface area contributed by atoms with Gasteiger partial charge in [0, 0.05) is 18.2 Å². The van der Waals surface area contributed by atoms with E-state index in [4.69, 9.17) is 21.1 Å². The largest absolute Gasteiger partial charge is 0.484 e. The molecule has 40 heavy (non-hydrogen) atoms. The minimum Gasteiger partial charge on any atom is -0.484 e. The number of hydrogen-bond acceptors (Lipinski definition) is 7. The molecule has 210 valence electrons. The van der Waals surface area contributed by atoms with Crippen molar-refractivity contribution >= 4 is 45.3 Å². The molecule has 1 aliphatic rings. The van der Waals surface area contributed by atoms with E-state index in [-0.39, 0.29) is 29.2 Å². The molecule has 1 fully saturated rings. The van der Waals surface area contributed by atoms with Crippen molar-refractivity contribution in [2.75, 3.05) is 30.6 Å². The van der Waals surface area contributed by atoms with Gasteiger partial charge >= 0.3 is 0 Å². The zero-order valence-electron chi connectivity index (χ0n) is 21.5. The molecule has 3 aromatic carbocycles. The number of carbonyl (C=O) groups excluding carboxylic acids is 2. The first kappa shape index (κ1) is 29.1.